The van der Waals surface area contributed by atoms with Gasteiger partial charge in [0.2, 0.25) is 0 Å². The molecule has 41 valence electrons. The first-order chi connectivity index (χ1) is 3.41. The normalized spacial score (nSPS) is 9.62. The minimum absolute atomic E-state index is 0. The maximum atomic E-state index is 3.48. The second-order valence-electron chi connectivity index (χ2n) is 1.07. The Morgan fingerprint density at radius 1 is 1.50 bits per heavy atom. The first-order valence-corrected chi connectivity index (χ1v) is 2.23. The van der Waals surface area contributed by atoms with Crippen molar-refractivity contribution >= 4 is 0 Å². The Labute approximate surface area is 76.2 Å². The van der Waals surface area contributed by atoms with Crippen molar-refractivity contribution in [2.75, 3.05) is 0 Å². The summed E-state index contributed by atoms with van der Waals surface area (Å²) in [7, 11) is 0. The number of hydrogen-bond acceptors (Lipinski definition) is 0. The molecule has 0 aromatic heterocycles. The van der Waals surface area contributed by atoms with Gasteiger partial charge in [0.05, 0.1) is 0 Å². The van der Waals surface area contributed by atoms with Gasteiger partial charge >= 0.3 is 0 Å². The Hall–Kier alpha value is 0.324. The van der Waals surface area contributed by atoms with Gasteiger partial charge in [-0.1, -0.05) is 6.92 Å². The quantitative estimate of drug-likeness (QED) is 0.453. The first kappa shape index (κ1) is 11.2. The molecule has 0 rings (SSSR count). The maximum Gasteiger partial charge on any atom is 0 e. The van der Waals surface area contributed by atoms with Crippen LogP contribution >= 0.6 is 0 Å². The molecule has 1 heteroatoms. The Balaban J connectivity index is 0. The van der Waals surface area contributed by atoms with Crippen molar-refractivity contribution in [3.8, 4) is 0 Å². The van der Waals surface area contributed by atoms with Crippen molar-refractivity contribution in [2.24, 2.45) is 0 Å². The standard InChI is InChI=1S/C7H9.Y/c1-3-5-7-6-4-2;/h3-6H,1H2,2H3;/q-1;. The smallest absolute Gasteiger partial charge is 0 e. The molecule has 0 saturated carbocycles. The molecule has 0 spiro atoms. The van der Waals surface area contributed by atoms with Crippen LogP contribution in [0.3, 0.4) is 0 Å². The van der Waals surface area contributed by atoms with E-state index in [4.69, 9.17) is 0 Å². The Morgan fingerprint density at radius 2 is 2.12 bits per heavy atom. The summed E-state index contributed by atoms with van der Waals surface area (Å²) in [5, 5.41) is 0. The van der Waals surface area contributed by atoms with Crippen LogP contribution in [-0.2, 0) is 32.7 Å². The van der Waals surface area contributed by atoms with Gasteiger partial charge in [-0.25, -0.2) is 0 Å². The first-order valence-electron chi connectivity index (χ1n) is 2.23. The van der Waals surface area contributed by atoms with Crippen LogP contribution < -0.4 is 0 Å². The predicted octanol–water partition coefficient (Wildman–Crippen LogP) is 2.11. The molecular weight excluding hydrogens is 173 g/mol. The van der Waals surface area contributed by atoms with Gasteiger partial charge in [0.15, 0.2) is 0 Å². The third-order valence-corrected chi connectivity index (χ3v) is 0.477. The van der Waals surface area contributed by atoms with Gasteiger partial charge in [0.1, 0.15) is 0 Å². The van der Waals surface area contributed by atoms with E-state index < -0.39 is 0 Å². The summed E-state index contributed by atoms with van der Waals surface area (Å²) in [6.45, 7) is 5.43. The average molecular weight is 182 g/mol. The largest absolute Gasteiger partial charge is 0.184 e. The van der Waals surface area contributed by atoms with Crippen molar-refractivity contribution in [2.45, 2.75) is 6.92 Å². The monoisotopic (exact) mass is 182 g/mol. The van der Waals surface area contributed by atoms with Gasteiger partial charge in [0.25, 0.3) is 0 Å². The van der Waals surface area contributed by atoms with Crippen molar-refractivity contribution < 1.29 is 32.7 Å². The van der Waals surface area contributed by atoms with E-state index in [-0.39, 0.29) is 32.7 Å². The van der Waals surface area contributed by atoms with Crippen LogP contribution in [0, 0.1) is 6.08 Å². The van der Waals surface area contributed by atoms with E-state index in [2.05, 4.69) is 12.7 Å². The maximum absolute atomic E-state index is 3.48. The molecule has 0 saturated heterocycles. The third kappa shape index (κ3) is 9.59. The Bertz CT molecular complexity index is 90.6. The van der Waals surface area contributed by atoms with Gasteiger partial charge < -0.3 is 0 Å². The number of hydrogen-bond donors (Lipinski definition) is 0. The number of rotatable bonds is 2. The molecule has 0 N–H and O–H groups in total. The van der Waals surface area contributed by atoms with Crippen LogP contribution in [0.5, 0.6) is 0 Å². The summed E-state index contributed by atoms with van der Waals surface area (Å²) in [6, 6.07) is 0. The molecule has 0 aromatic carbocycles. The van der Waals surface area contributed by atoms with Crippen molar-refractivity contribution in [1.29, 1.82) is 0 Å². The molecule has 0 unspecified atom stereocenters. The molecule has 1 radical (unpaired) electrons. The van der Waals surface area contributed by atoms with Crippen LogP contribution in [0.25, 0.3) is 0 Å². The summed E-state index contributed by atoms with van der Waals surface area (Å²) in [5.74, 6) is 0. The van der Waals surface area contributed by atoms with E-state index in [9.17, 15) is 0 Å². The molecule has 0 fully saturated rings. The van der Waals surface area contributed by atoms with E-state index in [1.165, 1.54) is 0 Å². The summed E-state index contributed by atoms with van der Waals surface area (Å²) in [5.41, 5.74) is 0. The second kappa shape index (κ2) is 10.3. The van der Waals surface area contributed by atoms with E-state index in [0.717, 1.165) is 0 Å². The second-order valence-corrected chi connectivity index (χ2v) is 1.07. The molecule has 0 nitrogen and oxygen atoms in total. The van der Waals surface area contributed by atoms with Crippen LogP contribution in [0.15, 0.2) is 30.9 Å². The molecular formula is C7H9Y-. The minimum Gasteiger partial charge on any atom is -0.184 e. The molecule has 0 bridgehead atoms. The SMILES string of the molecule is C=CC=[C-]C=CC.[Y]. The van der Waals surface area contributed by atoms with Gasteiger partial charge in [-0.3, -0.25) is 0 Å². The van der Waals surface area contributed by atoms with Crippen molar-refractivity contribution in [3.05, 3.63) is 37.0 Å². The van der Waals surface area contributed by atoms with Crippen molar-refractivity contribution in [1.82, 2.24) is 0 Å². The third-order valence-electron chi connectivity index (χ3n) is 0.477. The Morgan fingerprint density at radius 3 is 2.50 bits per heavy atom. The van der Waals surface area contributed by atoms with Gasteiger partial charge in [0, 0.05) is 32.7 Å². The topological polar surface area (TPSA) is 0 Å². The van der Waals surface area contributed by atoms with E-state index in [1.54, 1.807) is 12.2 Å². The predicted molar refractivity (Wildman–Crippen MR) is 32.8 cm³/mol. The molecule has 0 aliphatic rings. The molecule has 0 aliphatic carbocycles. The van der Waals surface area contributed by atoms with Crippen LogP contribution in [0.4, 0.5) is 0 Å². The molecule has 0 heterocycles. The molecule has 0 atom stereocenters. The van der Waals surface area contributed by atoms with E-state index in [1.807, 2.05) is 19.1 Å². The fourth-order valence-corrected chi connectivity index (χ4v) is 0.220. The summed E-state index contributed by atoms with van der Waals surface area (Å²) in [6.07, 6.45) is 10.1. The van der Waals surface area contributed by atoms with Gasteiger partial charge in [-0.05, 0) is 0 Å². The van der Waals surface area contributed by atoms with Crippen LogP contribution in [0.1, 0.15) is 6.92 Å². The minimum atomic E-state index is 0. The fourth-order valence-electron chi connectivity index (χ4n) is 0.220. The van der Waals surface area contributed by atoms with Crippen LogP contribution in [-0.4, -0.2) is 0 Å². The van der Waals surface area contributed by atoms with Crippen molar-refractivity contribution in [3.63, 3.8) is 0 Å². The van der Waals surface area contributed by atoms with Gasteiger partial charge in [-0.2, -0.15) is 37.0 Å². The fraction of sp³-hybridized carbons (Fsp3) is 0.143. The zero-order valence-electron chi connectivity index (χ0n) is 5.09. The summed E-state index contributed by atoms with van der Waals surface area (Å²) in [4.78, 5) is 0. The number of allylic oxidation sites excluding steroid dienone is 5. The Kier molecular flexibility index (Phi) is 14.4. The zero-order chi connectivity index (χ0) is 5.54. The molecule has 8 heavy (non-hydrogen) atoms. The van der Waals surface area contributed by atoms with Gasteiger partial charge in [-0.15, -0.1) is 0 Å². The summed E-state index contributed by atoms with van der Waals surface area (Å²) < 4.78 is 0. The average Bonchev–Trinajstić information content (AvgIpc) is 1.69. The van der Waals surface area contributed by atoms with E-state index >= 15 is 0 Å². The molecule has 0 aromatic rings. The molecule has 0 amide bonds. The van der Waals surface area contributed by atoms with Crippen LogP contribution in [0.2, 0.25) is 0 Å². The zero-order valence-corrected chi connectivity index (χ0v) is 7.93. The molecule has 0 aliphatic heterocycles. The summed E-state index contributed by atoms with van der Waals surface area (Å²) >= 11 is 0. The van der Waals surface area contributed by atoms with E-state index in [0.29, 0.717) is 0 Å².